The molecule has 0 fully saturated rings. The summed E-state index contributed by atoms with van der Waals surface area (Å²) in [7, 11) is 0. The van der Waals surface area contributed by atoms with Crippen molar-refractivity contribution in [3.8, 4) is 0 Å². The van der Waals surface area contributed by atoms with Crippen molar-refractivity contribution in [1.82, 2.24) is 0 Å². The molecule has 4 heteroatoms. The molecule has 1 aromatic heterocycles. The van der Waals surface area contributed by atoms with Gasteiger partial charge in [-0.15, -0.1) is 11.3 Å². The van der Waals surface area contributed by atoms with Crippen LogP contribution in [0.15, 0.2) is 36.4 Å². The van der Waals surface area contributed by atoms with E-state index in [2.05, 4.69) is 15.9 Å². The lowest BCUT2D eigenvalue weighted by atomic mass is 10.1. The second-order valence-electron chi connectivity index (χ2n) is 3.24. The number of halogens is 2. The zero-order chi connectivity index (χ0) is 11.5. The number of carbonyl (C=O) groups excluding carboxylic acids is 1. The summed E-state index contributed by atoms with van der Waals surface area (Å²) in [4.78, 5) is 14.0. The quantitative estimate of drug-likeness (QED) is 0.601. The van der Waals surface area contributed by atoms with Crippen LogP contribution in [0.3, 0.4) is 0 Å². The minimum atomic E-state index is 0.0499. The lowest BCUT2D eigenvalue weighted by Crippen LogP contribution is -1.97. The molecule has 0 aliphatic heterocycles. The molecule has 16 heavy (non-hydrogen) atoms. The van der Waals surface area contributed by atoms with Crippen molar-refractivity contribution in [3.05, 3.63) is 56.7 Å². The van der Waals surface area contributed by atoms with Gasteiger partial charge in [0.25, 0.3) is 0 Å². The van der Waals surface area contributed by atoms with Gasteiger partial charge in [-0.05, 0) is 36.4 Å². The summed E-state index contributed by atoms with van der Waals surface area (Å²) < 4.78 is 0. The molecule has 0 aliphatic rings. The van der Waals surface area contributed by atoms with Crippen LogP contribution in [0.1, 0.15) is 20.1 Å². The predicted octanol–water partition coefficient (Wildman–Crippen LogP) is 4.53. The Kier molecular flexibility index (Phi) is 3.79. The molecule has 0 spiro atoms. The highest BCUT2D eigenvalue weighted by Crippen LogP contribution is 2.22. The number of alkyl halides is 1. The van der Waals surface area contributed by atoms with E-state index in [9.17, 15) is 4.79 Å². The summed E-state index contributed by atoms with van der Waals surface area (Å²) in [6.45, 7) is 0. The van der Waals surface area contributed by atoms with Gasteiger partial charge in [0, 0.05) is 20.8 Å². The van der Waals surface area contributed by atoms with E-state index < -0.39 is 0 Å². The van der Waals surface area contributed by atoms with Crippen molar-refractivity contribution >= 4 is 44.7 Å². The highest BCUT2D eigenvalue weighted by molar-refractivity contribution is 9.08. The Labute approximate surface area is 111 Å². The van der Waals surface area contributed by atoms with E-state index in [0.29, 0.717) is 10.6 Å². The van der Waals surface area contributed by atoms with E-state index >= 15 is 0 Å². The zero-order valence-corrected chi connectivity index (χ0v) is 11.4. The number of rotatable bonds is 3. The van der Waals surface area contributed by atoms with Crippen LogP contribution in [0, 0.1) is 0 Å². The topological polar surface area (TPSA) is 17.1 Å². The highest BCUT2D eigenvalue weighted by atomic mass is 79.9. The Morgan fingerprint density at radius 3 is 2.44 bits per heavy atom. The maximum Gasteiger partial charge on any atom is 0.202 e. The largest absolute Gasteiger partial charge is 0.288 e. The Balaban J connectivity index is 2.28. The van der Waals surface area contributed by atoms with E-state index in [-0.39, 0.29) is 5.78 Å². The zero-order valence-electron chi connectivity index (χ0n) is 8.24. The van der Waals surface area contributed by atoms with Crippen molar-refractivity contribution in [2.45, 2.75) is 5.33 Å². The number of carbonyl (C=O) groups is 1. The number of benzene rings is 1. The van der Waals surface area contributed by atoms with Crippen LogP contribution in [0.2, 0.25) is 5.02 Å². The van der Waals surface area contributed by atoms with Crippen molar-refractivity contribution in [1.29, 1.82) is 0 Å². The van der Waals surface area contributed by atoms with Crippen LogP contribution in [0.4, 0.5) is 0 Å². The molecular weight excluding hydrogens is 308 g/mol. The maximum atomic E-state index is 12.0. The molecule has 0 saturated heterocycles. The molecule has 0 bridgehead atoms. The summed E-state index contributed by atoms with van der Waals surface area (Å²) in [5.41, 5.74) is 0.673. The monoisotopic (exact) mass is 314 g/mol. The molecule has 0 aliphatic carbocycles. The molecule has 0 amide bonds. The van der Waals surface area contributed by atoms with Gasteiger partial charge in [-0.3, -0.25) is 4.79 Å². The van der Waals surface area contributed by atoms with Gasteiger partial charge in [-0.1, -0.05) is 27.5 Å². The van der Waals surface area contributed by atoms with E-state index in [1.165, 1.54) is 11.3 Å². The standard InChI is InChI=1S/C12H8BrClOS/c13-7-10-5-6-11(16-10)12(15)8-1-3-9(14)4-2-8/h1-6H,7H2. The Morgan fingerprint density at radius 2 is 1.88 bits per heavy atom. The second kappa shape index (κ2) is 5.13. The van der Waals surface area contributed by atoms with Gasteiger partial charge >= 0.3 is 0 Å². The first-order chi connectivity index (χ1) is 7.70. The van der Waals surface area contributed by atoms with Crippen LogP contribution in [-0.4, -0.2) is 5.78 Å². The third-order valence-corrected chi connectivity index (χ3v) is 4.43. The average molecular weight is 316 g/mol. The molecule has 1 aromatic carbocycles. The molecule has 0 N–H and O–H groups in total. The number of thiophene rings is 1. The lowest BCUT2D eigenvalue weighted by Gasteiger charge is -1.97. The fourth-order valence-corrected chi connectivity index (χ4v) is 2.79. The minimum Gasteiger partial charge on any atom is -0.288 e. The van der Waals surface area contributed by atoms with Gasteiger partial charge in [-0.25, -0.2) is 0 Å². The van der Waals surface area contributed by atoms with E-state index in [0.717, 1.165) is 15.1 Å². The molecule has 0 radical (unpaired) electrons. The van der Waals surface area contributed by atoms with Crippen LogP contribution < -0.4 is 0 Å². The van der Waals surface area contributed by atoms with E-state index in [4.69, 9.17) is 11.6 Å². The molecular formula is C12H8BrClOS. The van der Waals surface area contributed by atoms with Crippen molar-refractivity contribution in [3.63, 3.8) is 0 Å². The summed E-state index contributed by atoms with van der Waals surface area (Å²) in [6.07, 6.45) is 0. The third kappa shape index (κ3) is 2.54. The average Bonchev–Trinajstić information content (AvgIpc) is 2.77. The molecule has 82 valence electrons. The first-order valence-corrected chi connectivity index (χ1v) is 6.97. The smallest absolute Gasteiger partial charge is 0.202 e. The Morgan fingerprint density at radius 1 is 1.19 bits per heavy atom. The van der Waals surface area contributed by atoms with Crippen LogP contribution >= 0.6 is 38.9 Å². The number of ketones is 1. The minimum absolute atomic E-state index is 0.0499. The normalized spacial score (nSPS) is 10.4. The van der Waals surface area contributed by atoms with Crippen LogP contribution in [0.5, 0.6) is 0 Å². The summed E-state index contributed by atoms with van der Waals surface area (Å²) in [6, 6.07) is 10.8. The fourth-order valence-electron chi connectivity index (χ4n) is 1.32. The number of hydrogen-bond donors (Lipinski definition) is 0. The molecule has 1 nitrogen and oxygen atoms in total. The summed E-state index contributed by atoms with van der Waals surface area (Å²) >= 11 is 10.7. The maximum absolute atomic E-state index is 12.0. The van der Waals surface area contributed by atoms with Crippen LogP contribution in [0.25, 0.3) is 0 Å². The summed E-state index contributed by atoms with van der Waals surface area (Å²) in [5.74, 6) is 0.0499. The third-order valence-electron chi connectivity index (χ3n) is 2.12. The van der Waals surface area contributed by atoms with Gasteiger partial charge in [0.15, 0.2) is 0 Å². The molecule has 0 atom stereocenters. The van der Waals surface area contributed by atoms with Crippen molar-refractivity contribution in [2.24, 2.45) is 0 Å². The van der Waals surface area contributed by atoms with Crippen LogP contribution in [-0.2, 0) is 5.33 Å². The summed E-state index contributed by atoms with van der Waals surface area (Å²) in [5, 5.41) is 1.43. The van der Waals surface area contributed by atoms with Gasteiger partial charge in [0.05, 0.1) is 4.88 Å². The van der Waals surface area contributed by atoms with E-state index in [1.807, 2.05) is 12.1 Å². The van der Waals surface area contributed by atoms with E-state index in [1.54, 1.807) is 24.3 Å². The molecule has 0 saturated carbocycles. The second-order valence-corrected chi connectivity index (χ2v) is 5.40. The van der Waals surface area contributed by atoms with Gasteiger partial charge in [0.1, 0.15) is 0 Å². The molecule has 2 aromatic rings. The first kappa shape index (κ1) is 11.8. The SMILES string of the molecule is O=C(c1ccc(Cl)cc1)c1ccc(CBr)s1. The first-order valence-electron chi connectivity index (χ1n) is 4.65. The molecule has 0 unspecified atom stereocenters. The van der Waals surface area contributed by atoms with Gasteiger partial charge in [-0.2, -0.15) is 0 Å². The molecule has 1 heterocycles. The Hall–Kier alpha value is -0.640. The predicted molar refractivity (Wildman–Crippen MR) is 71.8 cm³/mol. The lowest BCUT2D eigenvalue weighted by molar-refractivity contribution is 0.104. The van der Waals surface area contributed by atoms with Crippen molar-refractivity contribution in [2.75, 3.05) is 0 Å². The number of hydrogen-bond acceptors (Lipinski definition) is 2. The van der Waals surface area contributed by atoms with Gasteiger partial charge in [0.2, 0.25) is 5.78 Å². The highest BCUT2D eigenvalue weighted by Gasteiger charge is 2.11. The molecule has 2 rings (SSSR count). The van der Waals surface area contributed by atoms with Crippen molar-refractivity contribution < 1.29 is 4.79 Å². The van der Waals surface area contributed by atoms with Gasteiger partial charge < -0.3 is 0 Å². The fraction of sp³-hybridized carbons (Fsp3) is 0.0833. The Bertz CT molecular complexity index is 504.